The summed E-state index contributed by atoms with van der Waals surface area (Å²) in [5.74, 6) is -2.96. The first kappa shape index (κ1) is 14.3. The van der Waals surface area contributed by atoms with Crippen LogP contribution in [0.4, 0.5) is 17.6 Å². The maximum Gasteiger partial charge on any atom is 0.573 e. The van der Waals surface area contributed by atoms with E-state index in [-0.39, 0.29) is 16.3 Å². The number of hydrogen-bond acceptors (Lipinski definition) is 4. The van der Waals surface area contributed by atoms with Gasteiger partial charge < -0.3 is 9.84 Å². The molecule has 1 N–H and O–H groups in total. The highest BCUT2D eigenvalue weighted by atomic mass is 32.1. The van der Waals surface area contributed by atoms with Crippen molar-refractivity contribution in [2.45, 2.75) is 6.36 Å². The number of alkyl halides is 3. The van der Waals surface area contributed by atoms with E-state index in [9.17, 15) is 22.4 Å². The van der Waals surface area contributed by atoms with Crippen molar-refractivity contribution in [1.82, 2.24) is 4.98 Å². The number of benzene rings is 1. The Morgan fingerprint density at radius 1 is 1.35 bits per heavy atom. The molecular formula is C11H5F4NO3S. The highest BCUT2D eigenvalue weighted by Crippen LogP contribution is 2.30. The van der Waals surface area contributed by atoms with Crippen LogP contribution in [0.15, 0.2) is 23.6 Å². The van der Waals surface area contributed by atoms with Gasteiger partial charge in [0.15, 0.2) is 5.69 Å². The Labute approximate surface area is 113 Å². The normalized spacial score (nSPS) is 11.4. The Kier molecular flexibility index (Phi) is 3.62. The molecule has 9 heteroatoms. The molecule has 106 valence electrons. The minimum absolute atomic E-state index is 0.0541. The molecule has 0 saturated heterocycles. The van der Waals surface area contributed by atoms with Gasteiger partial charge in [0.1, 0.15) is 16.6 Å². The molecule has 2 rings (SSSR count). The van der Waals surface area contributed by atoms with E-state index >= 15 is 0 Å². The fourth-order valence-electron chi connectivity index (χ4n) is 1.36. The number of carbonyl (C=O) groups is 1. The molecule has 4 nitrogen and oxygen atoms in total. The van der Waals surface area contributed by atoms with Gasteiger partial charge in [-0.15, -0.1) is 24.5 Å². The molecule has 0 amide bonds. The van der Waals surface area contributed by atoms with E-state index in [0.29, 0.717) is 6.07 Å². The number of carboxylic acid groups (broad SMARTS) is 1. The molecule has 0 aliphatic carbocycles. The first-order valence-electron chi connectivity index (χ1n) is 5.01. The van der Waals surface area contributed by atoms with E-state index < -0.39 is 23.9 Å². The highest BCUT2D eigenvalue weighted by molar-refractivity contribution is 7.13. The number of carboxylic acids is 1. The molecule has 2 aromatic rings. The Hall–Kier alpha value is -2.16. The van der Waals surface area contributed by atoms with Gasteiger partial charge in [-0.1, -0.05) is 0 Å². The van der Waals surface area contributed by atoms with Crippen molar-refractivity contribution >= 4 is 17.3 Å². The molecular weight excluding hydrogens is 302 g/mol. The number of rotatable bonds is 3. The summed E-state index contributed by atoms with van der Waals surface area (Å²) < 4.78 is 53.2. The molecule has 0 unspecified atom stereocenters. The van der Waals surface area contributed by atoms with Crippen LogP contribution in [0.1, 0.15) is 10.5 Å². The summed E-state index contributed by atoms with van der Waals surface area (Å²) in [6.07, 6.45) is -4.91. The lowest BCUT2D eigenvalue weighted by Gasteiger charge is -2.09. The zero-order valence-electron chi connectivity index (χ0n) is 9.44. The molecule has 0 atom stereocenters. The summed E-state index contributed by atoms with van der Waals surface area (Å²) in [6.45, 7) is 0. The molecule has 0 spiro atoms. The minimum atomic E-state index is -4.91. The number of aromatic carboxylic acids is 1. The van der Waals surface area contributed by atoms with Gasteiger partial charge in [0.2, 0.25) is 0 Å². The van der Waals surface area contributed by atoms with Crippen LogP contribution in [-0.4, -0.2) is 22.4 Å². The molecule has 0 radical (unpaired) electrons. The Bertz CT molecular complexity index is 653. The molecule has 1 aromatic heterocycles. The second-order valence-corrected chi connectivity index (χ2v) is 4.39. The summed E-state index contributed by atoms with van der Waals surface area (Å²) >= 11 is 0.869. The van der Waals surface area contributed by atoms with Crippen LogP contribution in [0.2, 0.25) is 0 Å². The third-order valence-corrected chi connectivity index (χ3v) is 3.00. The number of hydrogen-bond donors (Lipinski definition) is 1. The lowest BCUT2D eigenvalue weighted by atomic mass is 10.2. The van der Waals surface area contributed by atoms with Gasteiger partial charge in [0, 0.05) is 17.0 Å². The van der Waals surface area contributed by atoms with E-state index in [4.69, 9.17) is 5.11 Å². The average molecular weight is 307 g/mol. The molecule has 0 aliphatic heterocycles. The van der Waals surface area contributed by atoms with Crippen molar-refractivity contribution in [3.05, 3.63) is 35.1 Å². The Morgan fingerprint density at radius 3 is 2.55 bits per heavy atom. The molecule has 20 heavy (non-hydrogen) atoms. The SMILES string of the molecule is O=C(O)c1csc(-c2ccc(OC(F)(F)F)cc2F)n1. The summed E-state index contributed by atoms with van der Waals surface area (Å²) in [5, 5.41) is 9.95. The standard InChI is InChI=1S/C11H5F4NO3S/c12-7-3-5(19-11(13,14)15)1-2-6(7)9-16-8(4-20-9)10(17)18/h1-4H,(H,17,18). The molecule has 0 bridgehead atoms. The first-order chi connectivity index (χ1) is 9.26. The summed E-state index contributed by atoms with van der Waals surface area (Å²) in [7, 11) is 0. The molecule has 0 fully saturated rings. The zero-order valence-corrected chi connectivity index (χ0v) is 10.3. The lowest BCUT2D eigenvalue weighted by molar-refractivity contribution is -0.274. The predicted molar refractivity (Wildman–Crippen MR) is 61.2 cm³/mol. The molecule has 1 aromatic carbocycles. The summed E-state index contributed by atoms with van der Waals surface area (Å²) in [6, 6.07) is 2.53. The zero-order chi connectivity index (χ0) is 14.9. The number of thiazole rings is 1. The monoisotopic (exact) mass is 307 g/mol. The minimum Gasteiger partial charge on any atom is -0.476 e. The average Bonchev–Trinajstić information content (AvgIpc) is 2.76. The quantitative estimate of drug-likeness (QED) is 0.881. The van der Waals surface area contributed by atoms with Crippen molar-refractivity contribution in [2.24, 2.45) is 0 Å². The van der Waals surface area contributed by atoms with Crippen molar-refractivity contribution in [1.29, 1.82) is 0 Å². The van der Waals surface area contributed by atoms with Gasteiger partial charge in [-0.3, -0.25) is 0 Å². The van der Waals surface area contributed by atoms with Crippen LogP contribution in [0, 0.1) is 5.82 Å². The number of nitrogens with zero attached hydrogens (tertiary/aromatic N) is 1. The van der Waals surface area contributed by atoms with E-state index in [1.54, 1.807) is 0 Å². The van der Waals surface area contributed by atoms with Crippen molar-refractivity contribution in [3.63, 3.8) is 0 Å². The van der Waals surface area contributed by atoms with E-state index in [1.807, 2.05) is 0 Å². The first-order valence-corrected chi connectivity index (χ1v) is 5.89. The largest absolute Gasteiger partial charge is 0.573 e. The third kappa shape index (κ3) is 3.23. The Morgan fingerprint density at radius 2 is 2.05 bits per heavy atom. The van der Waals surface area contributed by atoms with Crippen molar-refractivity contribution < 1.29 is 32.2 Å². The van der Waals surface area contributed by atoms with Gasteiger partial charge >= 0.3 is 12.3 Å². The molecule has 0 aliphatic rings. The van der Waals surface area contributed by atoms with Crippen LogP contribution in [0.3, 0.4) is 0 Å². The number of halogens is 4. The fourth-order valence-corrected chi connectivity index (χ4v) is 2.18. The summed E-state index contributed by atoms with van der Waals surface area (Å²) in [4.78, 5) is 14.3. The topological polar surface area (TPSA) is 59.4 Å². The number of ether oxygens (including phenoxy) is 1. The second kappa shape index (κ2) is 5.08. The van der Waals surface area contributed by atoms with Crippen LogP contribution < -0.4 is 4.74 Å². The van der Waals surface area contributed by atoms with Crippen LogP contribution in [0.5, 0.6) is 5.75 Å². The van der Waals surface area contributed by atoms with E-state index in [1.165, 1.54) is 5.38 Å². The Balaban J connectivity index is 2.31. The maximum atomic E-state index is 13.7. The third-order valence-electron chi connectivity index (χ3n) is 2.13. The van der Waals surface area contributed by atoms with Crippen molar-refractivity contribution in [3.8, 4) is 16.3 Å². The highest BCUT2D eigenvalue weighted by Gasteiger charge is 2.31. The smallest absolute Gasteiger partial charge is 0.476 e. The van der Waals surface area contributed by atoms with Crippen LogP contribution >= 0.6 is 11.3 Å². The summed E-state index contributed by atoms with van der Waals surface area (Å²) in [5.41, 5.74) is -0.364. The van der Waals surface area contributed by atoms with Gasteiger partial charge in [-0.25, -0.2) is 14.2 Å². The van der Waals surface area contributed by atoms with Gasteiger partial charge in [0.25, 0.3) is 0 Å². The second-order valence-electron chi connectivity index (χ2n) is 3.53. The number of aromatic nitrogens is 1. The predicted octanol–water partition coefficient (Wildman–Crippen LogP) is 3.55. The molecule has 1 heterocycles. The van der Waals surface area contributed by atoms with Gasteiger partial charge in [0.05, 0.1) is 0 Å². The molecule has 0 saturated carbocycles. The van der Waals surface area contributed by atoms with Crippen LogP contribution in [0.25, 0.3) is 10.6 Å². The fraction of sp³-hybridized carbons (Fsp3) is 0.0909. The van der Waals surface area contributed by atoms with Crippen LogP contribution in [-0.2, 0) is 0 Å². The van der Waals surface area contributed by atoms with Crippen molar-refractivity contribution in [2.75, 3.05) is 0 Å². The van der Waals surface area contributed by atoms with Gasteiger partial charge in [-0.2, -0.15) is 0 Å². The van der Waals surface area contributed by atoms with Gasteiger partial charge in [-0.05, 0) is 12.1 Å². The van der Waals surface area contributed by atoms with E-state index in [0.717, 1.165) is 23.5 Å². The van der Waals surface area contributed by atoms with E-state index in [2.05, 4.69) is 9.72 Å². The lowest BCUT2D eigenvalue weighted by Crippen LogP contribution is -2.17. The maximum absolute atomic E-state index is 13.7.